The van der Waals surface area contributed by atoms with Crippen LogP contribution in [0.15, 0.2) is 42.5 Å². The molecule has 5 heteroatoms. The predicted octanol–water partition coefficient (Wildman–Crippen LogP) is 3.93. The number of carbonyl (C=O) groups excluding carboxylic acids is 1. The average Bonchev–Trinajstić information content (AvgIpc) is 2.36. The van der Waals surface area contributed by atoms with E-state index in [1.54, 1.807) is 24.3 Å². The van der Waals surface area contributed by atoms with E-state index in [0.29, 0.717) is 10.7 Å². The summed E-state index contributed by atoms with van der Waals surface area (Å²) in [4.78, 5) is 11.9. The lowest BCUT2D eigenvalue weighted by Crippen LogP contribution is -2.06. The zero-order valence-electron chi connectivity index (χ0n) is 9.90. The van der Waals surface area contributed by atoms with Crippen LogP contribution in [0.5, 0.6) is 0 Å². The third kappa shape index (κ3) is 3.63. The molecule has 0 aliphatic heterocycles. The fourth-order valence-corrected chi connectivity index (χ4v) is 2.03. The Hall–Kier alpha value is -1.71. The Morgan fingerprint density at radius 2 is 1.95 bits per heavy atom. The Balaban J connectivity index is 2.05. The van der Waals surface area contributed by atoms with E-state index in [1.807, 2.05) is 6.07 Å². The number of rotatable bonds is 3. The summed E-state index contributed by atoms with van der Waals surface area (Å²) in [5.41, 5.74) is 7.16. The minimum Gasteiger partial charge on any atom is -0.457 e. The molecule has 2 aromatic rings. The van der Waals surface area contributed by atoms with E-state index in [4.69, 9.17) is 33.7 Å². The molecule has 2 N–H and O–H groups in total. The van der Waals surface area contributed by atoms with Gasteiger partial charge in [0.15, 0.2) is 0 Å². The molecule has 0 unspecified atom stereocenters. The number of anilines is 1. The molecular formula is C14H11Cl2NO2. The topological polar surface area (TPSA) is 52.3 Å². The van der Waals surface area contributed by atoms with Gasteiger partial charge in [0.2, 0.25) is 0 Å². The van der Waals surface area contributed by atoms with Crippen LogP contribution in [0.1, 0.15) is 15.9 Å². The highest BCUT2D eigenvalue weighted by atomic mass is 35.5. The van der Waals surface area contributed by atoms with Crippen molar-refractivity contribution in [1.29, 1.82) is 0 Å². The zero-order valence-corrected chi connectivity index (χ0v) is 11.4. The highest BCUT2D eigenvalue weighted by Gasteiger charge is 2.12. The number of benzene rings is 2. The van der Waals surface area contributed by atoms with Crippen molar-refractivity contribution in [2.24, 2.45) is 0 Å². The largest absolute Gasteiger partial charge is 0.457 e. The molecule has 0 aliphatic carbocycles. The van der Waals surface area contributed by atoms with Gasteiger partial charge in [0.05, 0.1) is 10.6 Å². The summed E-state index contributed by atoms with van der Waals surface area (Å²) in [6.07, 6.45) is 0. The molecular weight excluding hydrogens is 285 g/mol. The van der Waals surface area contributed by atoms with Crippen molar-refractivity contribution in [1.82, 2.24) is 0 Å². The normalized spacial score (nSPS) is 10.2. The van der Waals surface area contributed by atoms with Gasteiger partial charge in [-0.05, 0) is 35.9 Å². The second-order valence-electron chi connectivity index (χ2n) is 3.95. The number of nitrogen functional groups attached to an aromatic ring is 1. The van der Waals surface area contributed by atoms with Gasteiger partial charge in [-0.3, -0.25) is 0 Å². The summed E-state index contributed by atoms with van der Waals surface area (Å²) >= 11 is 11.8. The van der Waals surface area contributed by atoms with E-state index in [0.717, 1.165) is 5.56 Å². The number of hydrogen-bond donors (Lipinski definition) is 1. The molecule has 0 fully saturated rings. The van der Waals surface area contributed by atoms with E-state index in [2.05, 4.69) is 0 Å². The van der Waals surface area contributed by atoms with Gasteiger partial charge in [-0.25, -0.2) is 4.79 Å². The third-order valence-electron chi connectivity index (χ3n) is 2.47. The van der Waals surface area contributed by atoms with E-state index in [-0.39, 0.29) is 17.2 Å². The van der Waals surface area contributed by atoms with E-state index < -0.39 is 5.97 Å². The van der Waals surface area contributed by atoms with Gasteiger partial charge < -0.3 is 10.5 Å². The summed E-state index contributed by atoms with van der Waals surface area (Å²) < 4.78 is 5.17. The molecule has 0 spiro atoms. The second kappa shape index (κ2) is 5.95. The lowest BCUT2D eigenvalue weighted by Gasteiger charge is -2.07. The minimum atomic E-state index is -0.495. The van der Waals surface area contributed by atoms with Crippen LogP contribution in [0.25, 0.3) is 0 Å². The van der Waals surface area contributed by atoms with Gasteiger partial charge >= 0.3 is 5.97 Å². The number of hydrogen-bond acceptors (Lipinski definition) is 3. The molecule has 0 atom stereocenters. The molecule has 0 saturated heterocycles. The number of ether oxygens (including phenoxy) is 1. The average molecular weight is 296 g/mol. The van der Waals surface area contributed by atoms with Crippen molar-refractivity contribution in [3.63, 3.8) is 0 Å². The molecule has 2 aromatic carbocycles. The van der Waals surface area contributed by atoms with Gasteiger partial charge in [0, 0.05) is 10.7 Å². The molecule has 3 nitrogen and oxygen atoms in total. The van der Waals surface area contributed by atoms with Crippen LogP contribution in [0, 0.1) is 0 Å². The molecule has 2 rings (SSSR count). The predicted molar refractivity (Wildman–Crippen MR) is 76.4 cm³/mol. The molecule has 0 amide bonds. The minimum absolute atomic E-state index is 0.139. The molecule has 0 saturated carbocycles. The van der Waals surface area contributed by atoms with Crippen molar-refractivity contribution in [2.45, 2.75) is 6.61 Å². The Labute approximate surface area is 120 Å². The Morgan fingerprint density at radius 1 is 1.16 bits per heavy atom. The van der Waals surface area contributed by atoms with Gasteiger partial charge in [-0.2, -0.15) is 0 Å². The molecule has 0 radical (unpaired) electrons. The maximum absolute atomic E-state index is 11.9. The van der Waals surface area contributed by atoms with Crippen LogP contribution in [-0.2, 0) is 11.3 Å². The Morgan fingerprint density at radius 3 is 2.63 bits per heavy atom. The maximum Gasteiger partial charge on any atom is 0.339 e. The quantitative estimate of drug-likeness (QED) is 0.689. The monoisotopic (exact) mass is 295 g/mol. The van der Waals surface area contributed by atoms with Gasteiger partial charge in [-0.15, -0.1) is 0 Å². The number of esters is 1. The highest BCUT2D eigenvalue weighted by Crippen LogP contribution is 2.20. The van der Waals surface area contributed by atoms with Gasteiger partial charge in [0.25, 0.3) is 0 Å². The molecule has 0 aromatic heterocycles. The first kappa shape index (κ1) is 13.7. The van der Waals surface area contributed by atoms with Crippen LogP contribution in [0.4, 0.5) is 5.69 Å². The molecule has 19 heavy (non-hydrogen) atoms. The van der Waals surface area contributed by atoms with E-state index >= 15 is 0 Å². The fourth-order valence-electron chi connectivity index (χ4n) is 1.55. The summed E-state index contributed by atoms with van der Waals surface area (Å²) in [5, 5.41) is 0.871. The summed E-state index contributed by atoms with van der Waals surface area (Å²) in [7, 11) is 0. The highest BCUT2D eigenvalue weighted by molar-refractivity contribution is 6.33. The van der Waals surface area contributed by atoms with Crippen LogP contribution in [0.3, 0.4) is 0 Å². The lowest BCUT2D eigenvalue weighted by molar-refractivity contribution is 0.0473. The first-order valence-corrected chi connectivity index (χ1v) is 6.28. The molecule has 98 valence electrons. The smallest absolute Gasteiger partial charge is 0.339 e. The number of nitrogens with two attached hydrogens (primary N) is 1. The van der Waals surface area contributed by atoms with Crippen molar-refractivity contribution < 1.29 is 9.53 Å². The van der Waals surface area contributed by atoms with Crippen molar-refractivity contribution in [2.75, 3.05) is 5.73 Å². The standard InChI is InChI=1S/C14H11Cl2NO2/c15-10-3-1-2-9(6-10)8-19-14(18)12-5-4-11(17)7-13(12)16/h1-7H,8,17H2. The second-order valence-corrected chi connectivity index (χ2v) is 4.79. The van der Waals surface area contributed by atoms with Crippen molar-refractivity contribution >= 4 is 34.9 Å². The lowest BCUT2D eigenvalue weighted by atomic mass is 10.2. The van der Waals surface area contributed by atoms with Crippen LogP contribution in [-0.4, -0.2) is 5.97 Å². The zero-order chi connectivity index (χ0) is 13.8. The molecule has 0 bridgehead atoms. The van der Waals surface area contributed by atoms with Gasteiger partial charge in [0.1, 0.15) is 6.61 Å². The fraction of sp³-hybridized carbons (Fsp3) is 0.0714. The van der Waals surface area contributed by atoms with Crippen molar-refractivity contribution in [3.8, 4) is 0 Å². The molecule has 0 heterocycles. The van der Waals surface area contributed by atoms with Crippen molar-refractivity contribution in [3.05, 3.63) is 63.6 Å². The number of halogens is 2. The van der Waals surface area contributed by atoms with Crippen LogP contribution < -0.4 is 5.73 Å². The third-order valence-corrected chi connectivity index (χ3v) is 3.02. The maximum atomic E-state index is 11.9. The first-order valence-electron chi connectivity index (χ1n) is 5.53. The van der Waals surface area contributed by atoms with E-state index in [1.165, 1.54) is 12.1 Å². The van der Waals surface area contributed by atoms with E-state index in [9.17, 15) is 4.79 Å². The first-order chi connectivity index (χ1) is 9.06. The van der Waals surface area contributed by atoms with Crippen LogP contribution >= 0.6 is 23.2 Å². The SMILES string of the molecule is Nc1ccc(C(=O)OCc2cccc(Cl)c2)c(Cl)c1. The summed E-state index contributed by atoms with van der Waals surface area (Å²) in [6, 6.07) is 11.8. The van der Waals surface area contributed by atoms with Crippen LogP contribution in [0.2, 0.25) is 10.0 Å². The van der Waals surface area contributed by atoms with Gasteiger partial charge in [-0.1, -0.05) is 35.3 Å². The summed E-state index contributed by atoms with van der Waals surface area (Å²) in [6.45, 7) is 0.139. The molecule has 0 aliphatic rings. The Bertz CT molecular complexity index is 614. The Kier molecular flexibility index (Phi) is 4.30. The summed E-state index contributed by atoms with van der Waals surface area (Å²) in [5.74, 6) is -0.495. The number of carbonyl (C=O) groups is 1.